The lowest BCUT2D eigenvalue weighted by Crippen LogP contribution is -2.36. The molecule has 1 fully saturated rings. The van der Waals surface area contributed by atoms with Crippen LogP contribution in [0.1, 0.15) is 5.56 Å². The number of rotatable bonds is 4. The predicted molar refractivity (Wildman–Crippen MR) is 84.4 cm³/mol. The monoisotopic (exact) mass is 299 g/mol. The molecule has 3 rings (SSSR count). The van der Waals surface area contributed by atoms with E-state index in [1.807, 2.05) is 6.07 Å². The average Bonchev–Trinajstić information content (AvgIpc) is 2.58. The number of nitrogens with one attached hydrogen (secondary N) is 1. The minimum absolute atomic E-state index is 0.232. The summed E-state index contributed by atoms with van der Waals surface area (Å²) in [7, 11) is 0. The number of hydrogen-bond acceptors (Lipinski definition) is 7. The molecule has 0 bridgehead atoms. The molecule has 1 aliphatic rings. The van der Waals surface area contributed by atoms with Gasteiger partial charge in [-0.2, -0.15) is 5.10 Å². The highest BCUT2D eigenvalue weighted by Gasteiger charge is 2.12. The molecule has 114 valence electrons. The van der Waals surface area contributed by atoms with E-state index in [0.717, 1.165) is 24.5 Å². The van der Waals surface area contributed by atoms with E-state index in [9.17, 15) is 5.11 Å². The maximum Gasteiger partial charge on any atom is 0.151 e. The Balaban J connectivity index is 1.63. The van der Waals surface area contributed by atoms with E-state index in [1.165, 1.54) is 6.33 Å². The molecule has 0 amide bonds. The number of phenols is 1. The van der Waals surface area contributed by atoms with Gasteiger partial charge >= 0.3 is 0 Å². The van der Waals surface area contributed by atoms with Crippen molar-refractivity contribution in [1.82, 2.24) is 9.97 Å². The van der Waals surface area contributed by atoms with Crippen LogP contribution in [0.4, 0.5) is 11.6 Å². The van der Waals surface area contributed by atoms with E-state index in [-0.39, 0.29) is 5.75 Å². The third-order valence-corrected chi connectivity index (χ3v) is 3.27. The molecule has 1 aromatic carbocycles. The highest BCUT2D eigenvalue weighted by atomic mass is 16.5. The number of aromatic nitrogens is 2. The molecule has 0 aliphatic carbocycles. The van der Waals surface area contributed by atoms with Gasteiger partial charge in [-0.05, 0) is 29.8 Å². The highest BCUT2D eigenvalue weighted by Crippen LogP contribution is 2.15. The lowest BCUT2D eigenvalue weighted by atomic mass is 10.2. The zero-order valence-electron chi connectivity index (χ0n) is 12.0. The molecule has 7 heteroatoms. The molecule has 2 N–H and O–H groups in total. The van der Waals surface area contributed by atoms with Gasteiger partial charge in [0.1, 0.15) is 17.9 Å². The molecule has 0 unspecified atom stereocenters. The van der Waals surface area contributed by atoms with Crippen LogP contribution < -0.4 is 10.3 Å². The summed E-state index contributed by atoms with van der Waals surface area (Å²) >= 11 is 0. The van der Waals surface area contributed by atoms with E-state index in [4.69, 9.17) is 4.74 Å². The lowest BCUT2D eigenvalue weighted by Gasteiger charge is -2.27. The van der Waals surface area contributed by atoms with Crippen molar-refractivity contribution in [2.75, 3.05) is 36.6 Å². The number of anilines is 2. The van der Waals surface area contributed by atoms with Crippen molar-refractivity contribution in [3.63, 3.8) is 0 Å². The van der Waals surface area contributed by atoms with Crippen LogP contribution in [0.25, 0.3) is 0 Å². The minimum Gasteiger partial charge on any atom is -0.508 e. The summed E-state index contributed by atoms with van der Waals surface area (Å²) in [5.41, 5.74) is 3.77. The van der Waals surface area contributed by atoms with Crippen molar-refractivity contribution in [1.29, 1.82) is 0 Å². The Labute approximate surface area is 128 Å². The Morgan fingerprint density at radius 3 is 2.73 bits per heavy atom. The quantitative estimate of drug-likeness (QED) is 0.657. The van der Waals surface area contributed by atoms with Gasteiger partial charge in [-0.25, -0.2) is 9.97 Å². The topological polar surface area (TPSA) is 82.9 Å². The molecule has 22 heavy (non-hydrogen) atoms. The van der Waals surface area contributed by atoms with Gasteiger partial charge in [-0.15, -0.1) is 0 Å². The summed E-state index contributed by atoms with van der Waals surface area (Å²) in [6.45, 7) is 3.08. The van der Waals surface area contributed by atoms with E-state index in [0.29, 0.717) is 19.0 Å². The third kappa shape index (κ3) is 3.70. The van der Waals surface area contributed by atoms with Gasteiger partial charge in [-0.3, -0.25) is 5.43 Å². The first-order chi connectivity index (χ1) is 10.8. The second-order valence-electron chi connectivity index (χ2n) is 4.82. The number of hydrazone groups is 1. The molecular weight excluding hydrogens is 282 g/mol. The van der Waals surface area contributed by atoms with Gasteiger partial charge < -0.3 is 14.7 Å². The molecule has 7 nitrogen and oxygen atoms in total. The minimum atomic E-state index is 0.232. The first-order valence-electron chi connectivity index (χ1n) is 7.04. The third-order valence-electron chi connectivity index (χ3n) is 3.27. The van der Waals surface area contributed by atoms with Crippen molar-refractivity contribution in [2.45, 2.75) is 0 Å². The number of aromatic hydroxyl groups is 1. The highest BCUT2D eigenvalue weighted by molar-refractivity contribution is 5.80. The zero-order chi connectivity index (χ0) is 15.2. The normalized spacial score (nSPS) is 15.2. The molecule has 0 radical (unpaired) electrons. The van der Waals surface area contributed by atoms with Gasteiger partial charge in [0.25, 0.3) is 0 Å². The summed E-state index contributed by atoms with van der Waals surface area (Å²) in [5, 5.41) is 13.4. The van der Waals surface area contributed by atoms with E-state index >= 15 is 0 Å². The second kappa shape index (κ2) is 6.86. The maximum atomic E-state index is 9.22. The van der Waals surface area contributed by atoms with Gasteiger partial charge in [0.15, 0.2) is 5.82 Å². The number of phenolic OH excluding ortho intramolecular Hbond substituents is 1. The summed E-state index contributed by atoms with van der Waals surface area (Å²) < 4.78 is 5.33. The van der Waals surface area contributed by atoms with Crippen LogP contribution in [0, 0.1) is 0 Å². The number of hydrogen-bond donors (Lipinski definition) is 2. The fourth-order valence-electron chi connectivity index (χ4n) is 2.11. The van der Waals surface area contributed by atoms with E-state index < -0.39 is 0 Å². The fourth-order valence-corrected chi connectivity index (χ4v) is 2.11. The maximum absolute atomic E-state index is 9.22. The van der Waals surface area contributed by atoms with Gasteiger partial charge in [0.05, 0.1) is 19.4 Å². The average molecular weight is 299 g/mol. The SMILES string of the molecule is Oc1ccc(/C=N/Nc2cc(N3CCOCC3)ncn2)cc1. The Morgan fingerprint density at radius 1 is 1.18 bits per heavy atom. The molecule has 1 aliphatic heterocycles. The van der Waals surface area contributed by atoms with E-state index in [2.05, 4.69) is 25.4 Å². The van der Waals surface area contributed by atoms with Gasteiger partial charge in [0.2, 0.25) is 0 Å². The van der Waals surface area contributed by atoms with Crippen LogP contribution in [0.2, 0.25) is 0 Å². The smallest absolute Gasteiger partial charge is 0.151 e. The van der Waals surface area contributed by atoms with Gasteiger partial charge in [0, 0.05) is 19.2 Å². The number of morpholine rings is 1. The molecule has 0 atom stereocenters. The summed E-state index contributed by atoms with van der Waals surface area (Å²) in [5.74, 6) is 1.73. The Bertz CT molecular complexity index is 639. The molecule has 1 aromatic heterocycles. The zero-order valence-corrected chi connectivity index (χ0v) is 12.0. The van der Waals surface area contributed by atoms with E-state index in [1.54, 1.807) is 30.5 Å². The lowest BCUT2D eigenvalue weighted by molar-refractivity contribution is 0.122. The number of benzene rings is 1. The van der Waals surface area contributed by atoms with Crippen LogP contribution in [0.15, 0.2) is 41.8 Å². The largest absolute Gasteiger partial charge is 0.508 e. The Hall–Kier alpha value is -2.67. The first kappa shape index (κ1) is 14.3. The molecular formula is C15H17N5O2. The van der Waals surface area contributed by atoms with Crippen LogP contribution >= 0.6 is 0 Å². The van der Waals surface area contributed by atoms with Crippen molar-refractivity contribution < 1.29 is 9.84 Å². The molecule has 1 saturated heterocycles. The summed E-state index contributed by atoms with van der Waals surface area (Å²) in [4.78, 5) is 10.6. The van der Waals surface area contributed by atoms with Crippen LogP contribution in [-0.4, -0.2) is 47.6 Å². The van der Waals surface area contributed by atoms with Crippen LogP contribution in [0.3, 0.4) is 0 Å². The van der Waals surface area contributed by atoms with Crippen molar-refractivity contribution in [2.24, 2.45) is 5.10 Å². The number of ether oxygens (including phenoxy) is 1. The standard InChI is InChI=1S/C15H17N5O2/c21-13-3-1-12(2-4-13)10-18-19-14-9-15(17-11-16-14)20-5-7-22-8-6-20/h1-4,9-11,21H,5-8H2,(H,16,17,19)/b18-10+. The summed E-state index contributed by atoms with van der Waals surface area (Å²) in [6, 6.07) is 8.64. The van der Waals surface area contributed by atoms with Gasteiger partial charge in [-0.1, -0.05) is 0 Å². The van der Waals surface area contributed by atoms with Crippen molar-refractivity contribution in [3.05, 3.63) is 42.2 Å². The molecule has 0 spiro atoms. The predicted octanol–water partition coefficient (Wildman–Crippen LogP) is 1.46. The Morgan fingerprint density at radius 2 is 1.95 bits per heavy atom. The fraction of sp³-hybridized carbons (Fsp3) is 0.267. The first-order valence-corrected chi connectivity index (χ1v) is 7.04. The van der Waals surface area contributed by atoms with Crippen LogP contribution in [-0.2, 0) is 4.74 Å². The molecule has 2 heterocycles. The molecule has 2 aromatic rings. The molecule has 0 saturated carbocycles. The van der Waals surface area contributed by atoms with Crippen molar-refractivity contribution >= 4 is 17.9 Å². The summed E-state index contributed by atoms with van der Waals surface area (Å²) in [6.07, 6.45) is 3.18. The number of nitrogens with zero attached hydrogens (tertiary/aromatic N) is 4. The second-order valence-corrected chi connectivity index (χ2v) is 4.82. The van der Waals surface area contributed by atoms with Crippen molar-refractivity contribution in [3.8, 4) is 5.75 Å². The Kier molecular flexibility index (Phi) is 4.45. The van der Waals surface area contributed by atoms with Crippen LogP contribution in [0.5, 0.6) is 5.75 Å².